The van der Waals surface area contributed by atoms with Gasteiger partial charge in [0.05, 0.1) is 5.69 Å². The van der Waals surface area contributed by atoms with Gasteiger partial charge < -0.3 is 19.7 Å². The average Bonchev–Trinajstić information content (AvgIpc) is 3.15. The zero-order chi connectivity index (χ0) is 16.7. The molecule has 0 aliphatic carbocycles. The molecule has 134 valence electrons. The smallest absolute Gasteiger partial charge is 0.191 e. The van der Waals surface area contributed by atoms with Crippen LogP contribution in [0.1, 0.15) is 36.8 Å². The van der Waals surface area contributed by atoms with Gasteiger partial charge in [0.25, 0.3) is 0 Å². The van der Waals surface area contributed by atoms with Crippen LogP contribution in [0.3, 0.4) is 0 Å². The Labute approximate surface area is 161 Å². The van der Waals surface area contributed by atoms with E-state index in [1.807, 2.05) is 26.0 Å². The van der Waals surface area contributed by atoms with Crippen LogP contribution in [0.2, 0.25) is 0 Å². The number of aromatic nitrogens is 2. The second kappa shape index (κ2) is 10.4. The number of nitrogens with one attached hydrogen (secondary N) is 2. The van der Waals surface area contributed by atoms with Gasteiger partial charge in [-0.1, -0.05) is 12.1 Å². The van der Waals surface area contributed by atoms with Crippen LogP contribution in [0.25, 0.3) is 0 Å². The van der Waals surface area contributed by atoms with E-state index in [-0.39, 0.29) is 29.9 Å². The Balaban J connectivity index is 0.00000288. The highest BCUT2D eigenvalue weighted by molar-refractivity contribution is 14.0. The first-order chi connectivity index (χ1) is 11.1. The number of guanidine groups is 1. The molecule has 2 rings (SSSR count). The van der Waals surface area contributed by atoms with Crippen molar-refractivity contribution in [3.63, 3.8) is 0 Å². The lowest BCUT2D eigenvalue weighted by Gasteiger charge is -2.14. The van der Waals surface area contributed by atoms with Crippen LogP contribution < -0.4 is 10.6 Å². The minimum atomic E-state index is 0. The second-order valence-electron chi connectivity index (χ2n) is 5.71. The van der Waals surface area contributed by atoms with Gasteiger partial charge in [-0.05, 0) is 32.9 Å². The summed E-state index contributed by atoms with van der Waals surface area (Å²) in [5, 5.41) is 10.7. The lowest BCUT2D eigenvalue weighted by molar-refractivity contribution is 0.391. The number of halogens is 1. The SMILES string of the molecule is CCNC(=NCC(C)c1c(C)noc1C)NCCn1cccc1.I. The van der Waals surface area contributed by atoms with Gasteiger partial charge in [-0.3, -0.25) is 4.99 Å². The molecule has 0 saturated carbocycles. The lowest BCUT2D eigenvalue weighted by atomic mass is 10.00. The molecule has 0 spiro atoms. The molecule has 1 atom stereocenters. The van der Waals surface area contributed by atoms with Crippen LogP contribution in [0.4, 0.5) is 0 Å². The number of rotatable bonds is 7. The van der Waals surface area contributed by atoms with Crippen LogP contribution in [-0.4, -0.2) is 35.3 Å². The van der Waals surface area contributed by atoms with E-state index in [9.17, 15) is 0 Å². The van der Waals surface area contributed by atoms with Gasteiger partial charge in [0, 0.05) is 50.1 Å². The average molecular weight is 445 g/mol. The van der Waals surface area contributed by atoms with Crippen LogP contribution >= 0.6 is 24.0 Å². The molecule has 0 fully saturated rings. The Bertz CT molecular complexity index is 601. The number of aryl methyl sites for hydroxylation is 2. The Morgan fingerprint density at radius 2 is 2.00 bits per heavy atom. The molecular formula is C17H28IN5O. The first-order valence-corrected chi connectivity index (χ1v) is 8.17. The van der Waals surface area contributed by atoms with Crippen molar-refractivity contribution in [3.8, 4) is 0 Å². The number of nitrogens with zero attached hydrogens (tertiary/aromatic N) is 3. The fourth-order valence-electron chi connectivity index (χ4n) is 2.68. The van der Waals surface area contributed by atoms with Crippen molar-refractivity contribution in [1.29, 1.82) is 0 Å². The largest absolute Gasteiger partial charge is 0.361 e. The minimum Gasteiger partial charge on any atom is -0.361 e. The molecule has 7 heteroatoms. The molecule has 2 aromatic heterocycles. The Morgan fingerprint density at radius 3 is 2.58 bits per heavy atom. The molecule has 0 aromatic carbocycles. The topological polar surface area (TPSA) is 67.4 Å². The van der Waals surface area contributed by atoms with Gasteiger partial charge in [0.2, 0.25) is 0 Å². The molecule has 6 nitrogen and oxygen atoms in total. The fourth-order valence-corrected chi connectivity index (χ4v) is 2.68. The van der Waals surface area contributed by atoms with E-state index in [2.05, 4.69) is 51.6 Å². The fraction of sp³-hybridized carbons (Fsp3) is 0.529. The highest BCUT2D eigenvalue weighted by Gasteiger charge is 2.16. The van der Waals surface area contributed by atoms with Crippen molar-refractivity contribution in [2.45, 2.75) is 40.2 Å². The van der Waals surface area contributed by atoms with Crippen molar-refractivity contribution in [2.24, 2.45) is 4.99 Å². The lowest BCUT2D eigenvalue weighted by Crippen LogP contribution is -2.39. The van der Waals surface area contributed by atoms with Crippen LogP contribution in [-0.2, 0) is 6.54 Å². The molecule has 2 N–H and O–H groups in total. The van der Waals surface area contributed by atoms with E-state index >= 15 is 0 Å². The summed E-state index contributed by atoms with van der Waals surface area (Å²) < 4.78 is 7.39. The monoisotopic (exact) mass is 445 g/mol. The summed E-state index contributed by atoms with van der Waals surface area (Å²) in [7, 11) is 0. The van der Waals surface area contributed by atoms with Gasteiger partial charge in [0.1, 0.15) is 5.76 Å². The molecule has 24 heavy (non-hydrogen) atoms. The molecule has 1 unspecified atom stereocenters. The van der Waals surface area contributed by atoms with E-state index in [4.69, 9.17) is 4.52 Å². The predicted octanol–water partition coefficient (Wildman–Crippen LogP) is 3.07. The quantitative estimate of drug-likeness (QED) is 0.391. The second-order valence-corrected chi connectivity index (χ2v) is 5.71. The normalized spacial score (nSPS) is 12.6. The van der Waals surface area contributed by atoms with Gasteiger partial charge in [0.15, 0.2) is 5.96 Å². The molecule has 0 saturated heterocycles. The summed E-state index contributed by atoms with van der Waals surface area (Å²) in [6.45, 7) is 11.4. The first kappa shape index (κ1) is 20.5. The summed E-state index contributed by atoms with van der Waals surface area (Å²) in [5.74, 6) is 2.01. The van der Waals surface area contributed by atoms with E-state index in [1.54, 1.807) is 0 Å². The molecule has 0 radical (unpaired) electrons. The third-order valence-electron chi connectivity index (χ3n) is 3.78. The Hall–Kier alpha value is -1.51. The highest BCUT2D eigenvalue weighted by atomic mass is 127. The van der Waals surface area contributed by atoms with E-state index in [0.717, 1.165) is 42.6 Å². The maximum Gasteiger partial charge on any atom is 0.191 e. The summed E-state index contributed by atoms with van der Waals surface area (Å²) in [5.41, 5.74) is 2.12. The predicted molar refractivity (Wildman–Crippen MR) is 108 cm³/mol. The summed E-state index contributed by atoms with van der Waals surface area (Å²) in [4.78, 5) is 4.69. The van der Waals surface area contributed by atoms with Crippen molar-refractivity contribution >= 4 is 29.9 Å². The van der Waals surface area contributed by atoms with E-state index in [1.165, 1.54) is 0 Å². The molecule has 0 bridgehead atoms. The molecule has 0 aliphatic rings. The summed E-state index contributed by atoms with van der Waals surface area (Å²) >= 11 is 0. The van der Waals surface area contributed by atoms with Gasteiger partial charge in [-0.2, -0.15) is 0 Å². The van der Waals surface area contributed by atoms with Gasteiger partial charge in [-0.15, -0.1) is 24.0 Å². The zero-order valence-electron chi connectivity index (χ0n) is 14.9. The maximum absolute atomic E-state index is 5.24. The highest BCUT2D eigenvalue weighted by Crippen LogP contribution is 2.23. The third kappa shape index (κ3) is 5.85. The maximum atomic E-state index is 5.24. The van der Waals surface area contributed by atoms with Gasteiger partial charge in [-0.25, -0.2) is 0 Å². The molecule has 2 aromatic rings. The molecule has 0 aliphatic heterocycles. The van der Waals surface area contributed by atoms with Crippen molar-refractivity contribution < 1.29 is 4.52 Å². The molecule has 0 amide bonds. The van der Waals surface area contributed by atoms with E-state index < -0.39 is 0 Å². The van der Waals surface area contributed by atoms with Crippen LogP contribution in [0.5, 0.6) is 0 Å². The molecule has 2 heterocycles. The molecular weight excluding hydrogens is 417 g/mol. The standard InChI is InChI=1S/C17H27N5O.HI/c1-5-18-17(19-8-11-22-9-6-7-10-22)20-12-13(2)16-14(3)21-23-15(16)4;/h6-7,9-10,13H,5,8,11-12H2,1-4H3,(H2,18,19,20);1H. The third-order valence-corrected chi connectivity index (χ3v) is 3.78. The van der Waals surface area contributed by atoms with Crippen LogP contribution in [0, 0.1) is 13.8 Å². The first-order valence-electron chi connectivity index (χ1n) is 8.17. The number of aliphatic imine (C=N–C) groups is 1. The van der Waals surface area contributed by atoms with Crippen molar-refractivity contribution in [1.82, 2.24) is 20.4 Å². The van der Waals surface area contributed by atoms with Crippen LogP contribution in [0.15, 0.2) is 34.0 Å². The summed E-state index contributed by atoms with van der Waals surface area (Å²) in [6, 6.07) is 4.06. The number of hydrogen-bond donors (Lipinski definition) is 2. The zero-order valence-corrected chi connectivity index (χ0v) is 17.2. The Kier molecular flexibility index (Phi) is 8.88. The van der Waals surface area contributed by atoms with Crippen molar-refractivity contribution in [2.75, 3.05) is 19.6 Å². The summed E-state index contributed by atoms with van der Waals surface area (Å²) in [6.07, 6.45) is 4.12. The Morgan fingerprint density at radius 1 is 1.29 bits per heavy atom. The van der Waals surface area contributed by atoms with Crippen molar-refractivity contribution in [3.05, 3.63) is 41.5 Å². The number of hydrogen-bond acceptors (Lipinski definition) is 3. The van der Waals surface area contributed by atoms with E-state index in [0.29, 0.717) is 6.54 Å². The minimum absolute atomic E-state index is 0. The van der Waals surface area contributed by atoms with Gasteiger partial charge >= 0.3 is 0 Å².